The van der Waals surface area contributed by atoms with Crippen LogP contribution in [0.4, 0.5) is 0 Å². The highest BCUT2D eigenvalue weighted by Crippen LogP contribution is 2.32. The van der Waals surface area contributed by atoms with Gasteiger partial charge in [-0.15, -0.1) is 0 Å². The monoisotopic (exact) mass is 360 g/mol. The van der Waals surface area contributed by atoms with E-state index in [9.17, 15) is 4.79 Å². The van der Waals surface area contributed by atoms with Crippen LogP contribution in [0.15, 0.2) is 0 Å². The van der Waals surface area contributed by atoms with Gasteiger partial charge in [0.2, 0.25) is 0 Å². The Balaban J connectivity index is 1.69. The number of amides is 1. The van der Waals surface area contributed by atoms with E-state index in [4.69, 9.17) is 9.47 Å². The lowest BCUT2D eigenvalue weighted by Crippen LogP contribution is -2.38. The first-order valence-corrected chi connectivity index (χ1v) is 9.00. The zero-order valence-electron chi connectivity index (χ0n) is 15.4. The lowest BCUT2D eigenvalue weighted by molar-refractivity contribution is -0.00721. The second-order valence-corrected chi connectivity index (χ2v) is 6.92. The van der Waals surface area contributed by atoms with Crippen molar-refractivity contribution in [2.75, 3.05) is 20.3 Å². The molecule has 0 spiro atoms. The summed E-state index contributed by atoms with van der Waals surface area (Å²) < 4.78 is 12.9. The number of aromatic amines is 1. The number of fused-ring (bicyclic) bond motifs is 2. The first-order chi connectivity index (χ1) is 12.6. The summed E-state index contributed by atoms with van der Waals surface area (Å²) in [5.74, 6) is -0.00944. The molecular formula is C17H24N6O3. The van der Waals surface area contributed by atoms with E-state index < -0.39 is 0 Å². The minimum atomic E-state index is -0.118. The maximum absolute atomic E-state index is 13.4. The topological polar surface area (TPSA) is 98.2 Å². The zero-order valence-corrected chi connectivity index (χ0v) is 15.4. The van der Waals surface area contributed by atoms with Crippen molar-refractivity contribution in [1.82, 2.24) is 30.1 Å². The van der Waals surface area contributed by atoms with Crippen molar-refractivity contribution in [1.29, 1.82) is 0 Å². The summed E-state index contributed by atoms with van der Waals surface area (Å²) in [6.07, 6.45) is 1.35. The van der Waals surface area contributed by atoms with Crippen LogP contribution in [0, 0.1) is 0 Å². The molecule has 2 aromatic heterocycles. The van der Waals surface area contributed by atoms with Gasteiger partial charge in [-0.2, -0.15) is 20.5 Å². The number of H-pyrrole nitrogens is 1. The second-order valence-electron chi connectivity index (χ2n) is 6.92. The Hall–Kier alpha value is -2.26. The molecule has 0 aromatic carbocycles. The fraction of sp³-hybridized carbons (Fsp3) is 0.647. The van der Waals surface area contributed by atoms with Gasteiger partial charge in [-0.3, -0.25) is 9.48 Å². The molecule has 9 nitrogen and oxygen atoms in total. The number of nitrogens with zero attached hydrogens (tertiary/aromatic N) is 5. The number of ether oxygens (including phenoxy) is 2. The molecule has 140 valence electrons. The second kappa shape index (κ2) is 6.81. The molecule has 2 aliphatic heterocycles. The van der Waals surface area contributed by atoms with Gasteiger partial charge in [0.1, 0.15) is 11.4 Å². The smallest absolute Gasteiger partial charge is 0.272 e. The van der Waals surface area contributed by atoms with Gasteiger partial charge < -0.3 is 14.4 Å². The van der Waals surface area contributed by atoms with Crippen LogP contribution >= 0.6 is 0 Å². The summed E-state index contributed by atoms with van der Waals surface area (Å²) in [6.45, 7) is 6.15. The van der Waals surface area contributed by atoms with Crippen LogP contribution in [-0.4, -0.2) is 62.4 Å². The number of carbonyl (C=O) groups excluding carboxylic acids is 1. The van der Waals surface area contributed by atoms with Crippen LogP contribution in [0.3, 0.4) is 0 Å². The Morgan fingerprint density at radius 3 is 2.96 bits per heavy atom. The van der Waals surface area contributed by atoms with Gasteiger partial charge in [-0.1, -0.05) is 0 Å². The van der Waals surface area contributed by atoms with Crippen LogP contribution in [0.25, 0.3) is 0 Å². The Labute approximate surface area is 151 Å². The van der Waals surface area contributed by atoms with E-state index in [2.05, 4.69) is 20.5 Å². The van der Waals surface area contributed by atoms with E-state index in [1.165, 1.54) is 0 Å². The predicted molar refractivity (Wildman–Crippen MR) is 91.6 cm³/mol. The quantitative estimate of drug-likeness (QED) is 0.869. The molecule has 0 unspecified atom stereocenters. The van der Waals surface area contributed by atoms with E-state index in [-0.39, 0.29) is 18.1 Å². The maximum atomic E-state index is 13.4. The molecule has 26 heavy (non-hydrogen) atoms. The molecule has 0 fully saturated rings. The van der Waals surface area contributed by atoms with Crippen molar-refractivity contribution in [3.63, 3.8) is 0 Å². The molecule has 2 aromatic rings. The lowest BCUT2D eigenvalue weighted by Gasteiger charge is -2.28. The number of carbonyl (C=O) groups is 1. The van der Waals surface area contributed by atoms with Gasteiger partial charge in [0.05, 0.1) is 43.3 Å². The highest BCUT2D eigenvalue weighted by atomic mass is 16.5. The summed E-state index contributed by atoms with van der Waals surface area (Å²) in [7, 11) is 1.65. The number of hydrogen-bond donors (Lipinski definition) is 1. The molecule has 4 heterocycles. The largest absolute Gasteiger partial charge is 0.383 e. The molecule has 2 atom stereocenters. The summed E-state index contributed by atoms with van der Waals surface area (Å²) in [4.78, 5) is 15.2. The van der Waals surface area contributed by atoms with Crippen molar-refractivity contribution >= 4 is 5.91 Å². The normalized spacial score (nSPS) is 22.2. The van der Waals surface area contributed by atoms with E-state index in [0.29, 0.717) is 44.8 Å². The summed E-state index contributed by atoms with van der Waals surface area (Å²) >= 11 is 0. The fourth-order valence-electron chi connectivity index (χ4n) is 3.80. The van der Waals surface area contributed by atoms with Gasteiger partial charge in [0.25, 0.3) is 5.91 Å². The van der Waals surface area contributed by atoms with Crippen molar-refractivity contribution < 1.29 is 14.3 Å². The fourth-order valence-corrected chi connectivity index (χ4v) is 3.80. The van der Waals surface area contributed by atoms with Crippen LogP contribution in [0.1, 0.15) is 53.1 Å². The maximum Gasteiger partial charge on any atom is 0.272 e. The minimum Gasteiger partial charge on any atom is -0.383 e. The average molecular weight is 360 g/mol. The number of methoxy groups -OCH3 is 1. The predicted octanol–water partition coefficient (Wildman–Crippen LogP) is 0.868. The highest BCUT2D eigenvalue weighted by molar-refractivity contribution is 5.94. The van der Waals surface area contributed by atoms with Gasteiger partial charge in [0.15, 0.2) is 0 Å². The highest BCUT2D eigenvalue weighted by Gasteiger charge is 2.35. The molecule has 0 saturated carbocycles. The molecule has 1 amide bonds. The zero-order chi connectivity index (χ0) is 18.3. The molecular weight excluding hydrogens is 336 g/mol. The van der Waals surface area contributed by atoms with Crippen LogP contribution < -0.4 is 0 Å². The average Bonchev–Trinajstić information content (AvgIpc) is 3.22. The van der Waals surface area contributed by atoms with Crippen molar-refractivity contribution in [2.24, 2.45) is 0 Å². The standard InChI is InChI=1S/C17H24N6O3/c1-10-8-12-15(11(2)26-10)20-23(6-7-25-3)16(12)17(24)22-5-4-13-14(9-22)19-21-18-13/h10-11H,4-9H2,1-3H3,(H,18,19,21)/t10-,11+/m0/s1. The first kappa shape index (κ1) is 17.2. The Morgan fingerprint density at radius 2 is 2.15 bits per heavy atom. The molecule has 9 heteroatoms. The summed E-state index contributed by atoms with van der Waals surface area (Å²) in [6, 6.07) is 0. The third-order valence-electron chi connectivity index (χ3n) is 5.05. The van der Waals surface area contributed by atoms with Gasteiger partial charge in [0, 0.05) is 32.1 Å². The van der Waals surface area contributed by atoms with Crippen molar-refractivity contribution in [3.8, 4) is 0 Å². The molecule has 4 rings (SSSR count). The Kier molecular flexibility index (Phi) is 4.49. The van der Waals surface area contributed by atoms with Gasteiger partial charge in [-0.25, -0.2) is 0 Å². The molecule has 0 aliphatic carbocycles. The van der Waals surface area contributed by atoms with Crippen molar-refractivity contribution in [2.45, 2.75) is 52.0 Å². The SMILES string of the molecule is COCCn1nc2c(c1C(=O)N1CCc3n[nH]nc3C1)C[C@H](C)O[C@@H]2C. The van der Waals surface area contributed by atoms with Gasteiger partial charge >= 0.3 is 0 Å². The van der Waals surface area contributed by atoms with E-state index in [1.54, 1.807) is 11.8 Å². The number of hydrogen-bond acceptors (Lipinski definition) is 6. The number of rotatable bonds is 4. The molecule has 0 bridgehead atoms. The van der Waals surface area contributed by atoms with E-state index >= 15 is 0 Å². The minimum absolute atomic E-state index is 0.00944. The number of aromatic nitrogens is 5. The van der Waals surface area contributed by atoms with Crippen LogP contribution in [0.2, 0.25) is 0 Å². The van der Waals surface area contributed by atoms with E-state index in [1.807, 2.05) is 18.7 Å². The molecule has 0 saturated heterocycles. The third kappa shape index (κ3) is 2.90. The molecule has 1 N–H and O–H groups in total. The van der Waals surface area contributed by atoms with Crippen molar-refractivity contribution in [3.05, 3.63) is 28.3 Å². The van der Waals surface area contributed by atoms with Gasteiger partial charge in [-0.05, 0) is 13.8 Å². The van der Waals surface area contributed by atoms with Crippen LogP contribution in [-0.2, 0) is 35.4 Å². The van der Waals surface area contributed by atoms with E-state index in [0.717, 1.165) is 22.6 Å². The lowest BCUT2D eigenvalue weighted by atomic mass is 9.99. The summed E-state index contributed by atoms with van der Waals surface area (Å²) in [5, 5.41) is 15.6. The number of nitrogens with one attached hydrogen (secondary N) is 1. The Morgan fingerprint density at radius 1 is 1.35 bits per heavy atom. The third-order valence-corrected chi connectivity index (χ3v) is 5.05. The molecule has 0 radical (unpaired) electrons. The van der Waals surface area contributed by atoms with Crippen LogP contribution in [0.5, 0.6) is 0 Å². The summed E-state index contributed by atoms with van der Waals surface area (Å²) in [5.41, 5.74) is 4.31. The molecule has 2 aliphatic rings. The first-order valence-electron chi connectivity index (χ1n) is 9.00. The Bertz CT molecular complexity index is 814.